The van der Waals surface area contributed by atoms with Crippen LogP contribution < -0.4 is 10.2 Å². The van der Waals surface area contributed by atoms with Gasteiger partial charge in [0.25, 0.3) is 0 Å². The Morgan fingerprint density at radius 2 is 2.07 bits per heavy atom. The molecule has 0 heterocycles. The van der Waals surface area contributed by atoms with Crippen LogP contribution in [0.4, 0.5) is 5.69 Å². The van der Waals surface area contributed by atoms with E-state index in [0.717, 1.165) is 6.54 Å². The molecule has 1 rings (SSSR count). The number of nitrogens with zero attached hydrogens (tertiary/aromatic N) is 1. The predicted molar refractivity (Wildman–Crippen MR) is 64.2 cm³/mol. The lowest BCUT2D eigenvalue weighted by atomic mass is 10.1. The first-order valence-corrected chi connectivity index (χ1v) is 5.27. The molecule has 0 fully saturated rings. The summed E-state index contributed by atoms with van der Waals surface area (Å²) in [7, 11) is 3.95. The molecule has 3 nitrogen and oxygen atoms in total. The zero-order valence-electron chi connectivity index (χ0n) is 9.70. The number of para-hydroxylation sites is 1. The lowest BCUT2D eigenvalue weighted by Crippen LogP contribution is -2.32. The van der Waals surface area contributed by atoms with Gasteiger partial charge in [-0.3, -0.25) is 0 Å². The monoisotopic (exact) mass is 208 g/mol. The van der Waals surface area contributed by atoms with Crippen molar-refractivity contribution in [2.24, 2.45) is 0 Å². The molecule has 0 spiro atoms. The van der Waals surface area contributed by atoms with Crippen molar-refractivity contribution in [3.8, 4) is 0 Å². The lowest BCUT2D eigenvalue weighted by molar-refractivity contribution is 0.270. The van der Waals surface area contributed by atoms with Gasteiger partial charge < -0.3 is 15.3 Å². The van der Waals surface area contributed by atoms with Gasteiger partial charge >= 0.3 is 0 Å². The number of benzene rings is 1. The smallest absolute Gasteiger partial charge is 0.0632 e. The minimum absolute atomic E-state index is 0.142. The molecule has 0 saturated heterocycles. The molecule has 0 amide bonds. The van der Waals surface area contributed by atoms with E-state index in [1.807, 2.05) is 33.2 Å². The highest BCUT2D eigenvalue weighted by Crippen LogP contribution is 2.20. The zero-order valence-corrected chi connectivity index (χ0v) is 9.70. The molecular formula is C12H20N2O. The average Bonchev–Trinajstić information content (AvgIpc) is 2.28. The second kappa shape index (κ2) is 5.73. The summed E-state index contributed by atoms with van der Waals surface area (Å²) in [6.45, 7) is 3.03. The molecule has 1 aromatic rings. The number of likely N-dealkylation sites (N-methyl/N-ethyl adjacent to an activating group) is 1. The standard InChI is InChI=1S/C12H20N2O/c1-10(9-15)14(3)12-7-5-4-6-11(12)8-13-2/h4-7,10,13,15H,8-9H2,1-3H3. The van der Waals surface area contributed by atoms with E-state index >= 15 is 0 Å². The zero-order chi connectivity index (χ0) is 11.3. The summed E-state index contributed by atoms with van der Waals surface area (Å²) in [5, 5.41) is 12.3. The van der Waals surface area contributed by atoms with Crippen molar-refractivity contribution in [2.45, 2.75) is 19.5 Å². The van der Waals surface area contributed by atoms with Crippen molar-refractivity contribution >= 4 is 5.69 Å². The van der Waals surface area contributed by atoms with Crippen LogP contribution in [-0.2, 0) is 6.54 Å². The Labute approximate surface area is 91.7 Å². The number of anilines is 1. The molecule has 84 valence electrons. The number of aliphatic hydroxyl groups is 1. The molecule has 0 saturated carbocycles. The van der Waals surface area contributed by atoms with Crippen LogP contribution in [-0.4, -0.2) is 31.9 Å². The Morgan fingerprint density at radius 3 is 2.67 bits per heavy atom. The predicted octanol–water partition coefficient (Wildman–Crippen LogP) is 1.22. The van der Waals surface area contributed by atoms with Crippen molar-refractivity contribution in [1.82, 2.24) is 5.32 Å². The Kier molecular flexibility index (Phi) is 4.59. The second-order valence-electron chi connectivity index (χ2n) is 3.80. The van der Waals surface area contributed by atoms with E-state index in [2.05, 4.69) is 22.3 Å². The molecule has 0 bridgehead atoms. The third-order valence-corrected chi connectivity index (χ3v) is 2.66. The van der Waals surface area contributed by atoms with E-state index in [-0.39, 0.29) is 12.6 Å². The first-order valence-electron chi connectivity index (χ1n) is 5.27. The van der Waals surface area contributed by atoms with Crippen LogP contribution >= 0.6 is 0 Å². The molecule has 2 N–H and O–H groups in total. The molecule has 0 aliphatic rings. The highest BCUT2D eigenvalue weighted by atomic mass is 16.3. The lowest BCUT2D eigenvalue weighted by Gasteiger charge is -2.27. The third-order valence-electron chi connectivity index (χ3n) is 2.66. The minimum Gasteiger partial charge on any atom is -0.394 e. The summed E-state index contributed by atoms with van der Waals surface area (Å²) in [6.07, 6.45) is 0. The van der Waals surface area contributed by atoms with Crippen molar-refractivity contribution in [3.63, 3.8) is 0 Å². The van der Waals surface area contributed by atoms with Crippen LogP contribution in [0.5, 0.6) is 0 Å². The van der Waals surface area contributed by atoms with E-state index < -0.39 is 0 Å². The minimum atomic E-state index is 0.142. The van der Waals surface area contributed by atoms with Gasteiger partial charge in [-0.25, -0.2) is 0 Å². The molecule has 0 radical (unpaired) electrons. The van der Waals surface area contributed by atoms with Crippen LogP contribution in [0.3, 0.4) is 0 Å². The summed E-state index contributed by atoms with van der Waals surface area (Å²) in [4.78, 5) is 2.10. The van der Waals surface area contributed by atoms with Crippen molar-refractivity contribution in [1.29, 1.82) is 0 Å². The maximum Gasteiger partial charge on any atom is 0.0632 e. The van der Waals surface area contributed by atoms with Crippen molar-refractivity contribution < 1.29 is 5.11 Å². The maximum atomic E-state index is 9.13. The Bertz CT molecular complexity index is 301. The van der Waals surface area contributed by atoms with E-state index in [9.17, 15) is 0 Å². The molecule has 0 aliphatic heterocycles. The number of rotatable bonds is 5. The number of hydrogen-bond donors (Lipinski definition) is 2. The van der Waals surface area contributed by atoms with E-state index in [0.29, 0.717) is 0 Å². The number of hydrogen-bond acceptors (Lipinski definition) is 3. The Morgan fingerprint density at radius 1 is 1.40 bits per heavy atom. The van der Waals surface area contributed by atoms with Crippen LogP contribution in [0, 0.1) is 0 Å². The van der Waals surface area contributed by atoms with Gasteiger partial charge in [0.2, 0.25) is 0 Å². The largest absolute Gasteiger partial charge is 0.394 e. The summed E-state index contributed by atoms with van der Waals surface area (Å²) in [5.41, 5.74) is 2.43. The third kappa shape index (κ3) is 2.94. The molecule has 1 aromatic carbocycles. The Balaban J connectivity index is 2.91. The fourth-order valence-electron chi connectivity index (χ4n) is 1.55. The number of aliphatic hydroxyl groups excluding tert-OH is 1. The van der Waals surface area contributed by atoms with Gasteiger partial charge in [-0.15, -0.1) is 0 Å². The van der Waals surface area contributed by atoms with E-state index in [4.69, 9.17) is 5.11 Å². The number of nitrogens with one attached hydrogen (secondary N) is 1. The molecule has 1 unspecified atom stereocenters. The normalized spacial score (nSPS) is 12.5. The van der Waals surface area contributed by atoms with Gasteiger partial charge in [0.05, 0.1) is 6.61 Å². The molecule has 15 heavy (non-hydrogen) atoms. The molecular weight excluding hydrogens is 188 g/mol. The molecule has 0 aliphatic carbocycles. The van der Waals surface area contributed by atoms with Crippen LogP contribution in [0.15, 0.2) is 24.3 Å². The summed E-state index contributed by atoms with van der Waals surface area (Å²) in [6, 6.07) is 8.39. The van der Waals surface area contributed by atoms with Crippen LogP contribution in [0.2, 0.25) is 0 Å². The molecule has 1 atom stereocenters. The molecule has 0 aromatic heterocycles. The van der Waals surface area contributed by atoms with Gasteiger partial charge in [0, 0.05) is 25.3 Å². The summed E-state index contributed by atoms with van der Waals surface area (Å²) < 4.78 is 0. The fraction of sp³-hybridized carbons (Fsp3) is 0.500. The van der Waals surface area contributed by atoms with Gasteiger partial charge in [0.15, 0.2) is 0 Å². The first kappa shape index (κ1) is 12.0. The average molecular weight is 208 g/mol. The first-order chi connectivity index (χ1) is 7.20. The maximum absolute atomic E-state index is 9.13. The fourth-order valence-corrected chi connectivity index (χ4v) is 1.55. The van der Waals surface area contributed by atoms with Crippen molar-refractivity contribution in [2.75, 3.05) is 25.6 Å². The highest BCUT2D eigenvalue weighted by molar-refractivity contribution is 5.53. The second-order valence-corrected chi connectivity index (χ2v) is 3.80. The van der Waals surface area contributed by atoms with E-state index in [1.54, 1.807) is 0 Å². The van der Waals surface area contributed by atoms with Crippen LogP contribution in [0.25, 0.3) is 0 Å². The van der Waals surface area contributed by atoms with Crippen molar-refractivity contribution in [3.05, 3.63) is 29.8 Å². The van der Waals surface area contributed by atoms with E-state index in [1.165, 1.54) is 11.3 Å². The topological polar surface area (TPSA) is 35.5 Å². The quantitative estimate of drug-likeness (QED) is 0.764. The van der Waals surface area contributed by atoms with Crippen LogP contribution in [0.1, 0.15) is 12.5 Å². The molecule has 3 heteroatoms. The van der Waals surface area contributed by atoms with Gasteiger partial charge in [-0.2, -0.15) is 0 Å². The SMILES string of the molecule is CNCc1ccccc1N(C)C(C)CO. The van der Waals surface area contributed by atoms with Gasteiger partial charge in [0.1, 0.15) is 0 Å². The highest BCUT2D eigenvalue weighted by Gasteiger charge is 2.11. The van der Waals surface area contributed by atoms with Gasteiger partial charge in [-0.05, 0) is 25.6 Å². The van der Waals surface area contributed by atoms with Gasteiger partial charge in [-0.1, -0.05) is 18.2 Å². The summed E-state index contributed by atoms with van der Waals surface area (Å²) >= 11 is 0. The Hall–Kier alpha value is -1.06. The summed E-state index contributed by atoms with van der Waals surface area (Å²) in [5.74, 6) is 0.